The first-order valence-electron chi connectivity index (χ1n) is 8.71. The zero-order valence-corrected chi connectivity index (χ0v) is 19.7. The molecule has 2 aliphatic rings. The summed E-state index contributed by atoms with van der Waals surface area (Å²) < 4.78 is 9.27. The SMILES string of the molecule is CN=C(NC1C2CCCOC2C1(C)C)N(C)Cc1cc(Br)cn1C.I. The zero-order valence-electron chi connectivity index (χ0n) is 15.8. The highest BCUT2D eigenvalue weighted by Gasteiger charge is 2.58. The summed E-state index contributed by atoms with van der Waals surface area (Å²) in [6.45, 7) is 6.34. The first-order chi connectivity index (χ1) is 11.3. The van der Waals surface area contributed by atoms with Crippen molar-refractivity contribution < 1.29 is 4.74 Å². The van der Waals surface area contributed by atoms with Crippen molar-refractivity contribution >= 4 is 45.9 Å². The summed E-state index contributed by atoms with van der Waals surface area (Å²) in [5.74, 6) is 1.55. The molecule has 0 aromatic carbocycles. The van der Waals surface area contributed by atoms with Crippen molar-refractivity contribution in [1.29, 1.82) is 0 Å². The fourth-order valence-corrected chi connectivity index (χ4v) is 4.91. The molecule has 0 radical (unpaired) electrons. The number of nitrogens with zero attached hydrogens (tertiary/aromatic N) is 3. The van der Waals surface area contributed by atoms with Crippen LogP contribution in [0.4, 0.5) is 0 Å². The maximum absolute atomic E-state index is 6.01. The van der Waals surface area contributed by atoms with Gasteiger partial charge in [-0.1, -0.05) is 13.8 Å². The van der Waals surface area contributed by atoms with Gasteiger partial charge in [-0.05, 0) is 34.8 Å². The number of rotatable bonds is 3. The van der Waals surface area contributed by atoms with E-state index < -0.39 is 0 Å². The van der Waals surface area contributed by atoms with Gasteiger partial charge in [0.25, 0.3) is 0 Å². The lowest BCUT2D eigenvalue weighted by atomic mass is 9.55. The van der Waals surface area contributed by atoms with Crippen molar-refractivity contribution in [3.8, 4) is 0 Å². The number of halogens is 2. The van der Waals surface area contributed by atoms with Crippen molar-refractivity contribution in [2.75, 3.05) is 20.7 Å². The number of aliphatic imine (C=N–C) groups is 1. The maximum atomic E-state index is 6.01. The summed E-state index contributed by atoms with van der Waals surface area (Å²) in [5, 5.41) is 3.71. The lowest BCUT2D eigenvalue weighted by molar-refractivity contribution is -0.188. The highest BCUT2D eigenvalue weighted by Crippen LogP contribution is 2.51. The lowest BCUT2D eigenvalue weighted by Crippen LogP contribution is -2.71. The molecule has 1 aliphatic carbocycles. The van der Waals surface area contributed by atoms with E-state index in [9.17, 15) is 0 Å². The molecule has 0 bridgehead atoms. The first-order valence-corrected chi connectivity index (χ1v) is 9.50. The van der Waals surface area contributed by atoms with Crippen molar-refractivity contribution in [2.24, 2.45) is 23.4 Å². The molecule has 0 spiro atoms. The van der Waals surface area contributed by atoms with Gasteiger partial charge < -0.3 is 19.5 Å². The molecule has 1 N–H and O–H groups in total. The molecule has 1 aliphatic heterocycles. The Labute approximate surface area is 176 Å². The number of ether oxygens (including phenoxy) is 1. The molecule has 2 fully saturated rings. The third-order valence-electron chi connectivity index (χ3n) is 5.66. The van der Waals surface area contributed by atoms with Crippen LogP contribution < -0.4 is 5.32 Å². The van der Waals surface area contributed by atoms with E-state index in [1.54, 1.807) is 0 Å². The van der Waals surface area contributed by atoms with Crippen LogP contribution in [0.25, 0.3) is 0 Å². The second-order valence-corrected chi connectivity index (χ2v) is 8.62. The summed E-state index contributed by atoms with van der Waals surface area (Å²) >= 11 is 3.54. The van der Waals surface area contributed by atoms with Gasteiger partial charge in [-0.25, -0.2) is 0 Å². The van der Waals surface area contributed by atoms with Gasteiger partial charge >= 0.3 is 0 Å². The predicted molar refractivity (Wildman–Crippen MR) is 117 cm³/mol. The minimum absolute atomic E-state index is 0. The Morgan fingerprint density at radius 3 is 2.84 bits per heavy atom. The number of nitrogens with one attached hydrogen (secondary N) is 1. The summed E-state index contributed by atoms with van der Waals surface area (Å²) in [6.07, 6.45) is 4.88. The van der Waals surface area contributed by atoms with E-state index in [4.69, 9.17) is 4.74 Å². The van der Waals surface area contributed by atoms with Gasteiger partial charge in [-0.3, -0.25) is 4.99 Å². The second kappa shape index (κ2) is 8.17. The van der Waals surface area contributed by atoms with Gasteiger partial charge in [0.1, 0.15) is 0 Å². The molecule has 1 aromatic heterocycles. The molecule has 3 rings (SSSR count). The Morgan fingerprint density at radius 1 is 1.52 bits per heavy atom. The van der Waals surface area contributed by atoms with Gasteiger partial charge in [-0.15, -0.1) is 24.0 Å². The van der Waals surface area contributed by atoms with Gasteiger partial charge in [-0.2, -0.15) is 0 Å². The van der Waals surface area contributed by atoms with Gasteiger partial charge in [0.15, 0.2) is 5.96 Å². The zero-order chi connectivity index (χ0) is 17.5. The van der Waals surface area contributed by atoms with Crippen molar-refractivity contribution in [1.82, 2.24) is 14.8 Å². The van der Waals surface area contributed by atoms with E-state index in [1.165, 1.54) is 18.5 Å². The summed E-state index contributed by atoms with van der Waals surface area (Å²) in [4.78, 5) is 6.70. The quantitative estimate of drug-likeness (QED) is 0.373. The van der Waals surface area contributed by atoms with E-state index in [-0.39, 0.29) is 29.4 Å². The molecule has 7 heteroatoms. The predicted octanol–water partition coefficient (Wildman–Crippen LogP) is 3.62. The van der Waals surface area contributed by atoms with Crippen LogP contribution in [0.5, 0.6) is 0 Å². The van der Waals surface area contributed by atoms with E-state index in [2.05, 4.69) is 75.9 Å². The molecule has 0 amide bonds. The minimum Gasteiger partial charge on any atom is -0.377 e. The number of hydrogen-bond acceptors (Lipinski definition) is 2. The summed E-state index contributed by atoms with van der Waals surface area (Å²) in [6, 6.07) is 2.58. The van der Waals surface area contributed by atoms with Crippen LogP contribution >= 0.6 is 39.9 Å². The Bertz CT molecular complexity index is 631. The number of aromatic nitrogens is 1. The normalized spacial score (nSPS) is 27.8. The van der Waals surface area contributed by atoms with Crippen LogP contribution in [-0.4, -0.2) is 48.3 Å². The standard InChI is InChI=1S/C18H29BrN4O.HI/c1-18(2)15(14-7-6-8-24-16(14)18)21-17(20-3)23(5)11-13-9-12(19)10-22(13)4;/h9-10,14-16H,6-8,11H2,1-5H3,(H,20,21);1H. The molecule has 5 nitrogen and oxygen atoms in total. The van der Waals surface area contributed by atoms with E-state index in [0.717, 1.165) is 23.6 Å². The molecule has 142 valence electrons. The summed E-state index contributed by atoms with van der Waals surface area (Å²) in [5.41, 5.74) is 1.40. The molecule has 2 heterocycles. The molecule has 3 unspecified atom stereocenters. The number of guanidine groups is 1. The summed E-state index contributed by atoms with van der Waals surface area (Å²) in [7, 11) is 6.03. The van der Waals surface area contributed by atoms with Crippen LogP contribution in [0.2, 0.25) is 0 Å². The van der Waals surface area contributed by atoms with E-state index in [1.807, 2.05) is 7.05 Å². The highest BCUT2D eigenvalue weighted by molar-refractivity contribution is 14.0. The fraction of sp³-hybridized carbons (Fsp3) is 0.722. The highest BCUT2D eigenvalue weighted by atomic mass is 127. The third-order valence-corrected chi connectivity index (χ3v) is 6.10. The first kappa shape index (κ1) is 21.0. The number of hydrogen-bond donors (Lipinski definition) is 1. The van der Waals surface area contributed by atoms with Crippen molar-refractivity contribution in [2.45, 2.75) is 45.4 Å². The molecular formula is C18H30BrIN4O. The minimum atomic E-state index is 0. The Balaban J connectivity index is 0.00000225. The van der Waals surface area contributed by atoms with Gasteiger partial charge in [0, 0.05) is 61.5 Å². The average molecular weight is 525 g/mol. The molecule has 1 saturated heterocycles. The molecule has 1 aromatic rings. The third kappa shape index (κ3) is 4.03. The Morgan fingerprint density at radius 2 is 2.24 bits per heavy atom. The van der Waals surface area contributed by atoms with E-state index in [0.29, 0.717) is 18.1 Å². The van der Waals surface area contributed by atoms with Crippen LogP contribution in [0, 0.1) is 11.3 Å². The van der Waals surface area contributed by atoms with Crippen molar-refractivity contribution in [3.63, 3.8) is 0 Å². The average Bonchev–Trinajstić information content (AvgIpc) is 2.85. The lowest BCUT2D eigenvalue weighted by Gasteiger charge is -2.60. The molecule has 3 atom stereocenters. The largest absolute Gasteiger partial charge is 0.377 e. The Kier molecular flexibility index (Phi) is 6.87. The van der Waals surface area contributed by atoms with E-state index >= 15 is 0 Å². The smallest absolute Gasteiger partial charge is 0.193 e. The maximum Gasteiger partial charge on any atom is 0.193 e. The van der Waals surface area contributed by atoms with Crippen LogP contribution in [0.3, 0.4) is 0 Å². The van der Waals surface area contributed by atoms with Crippen LogP contribution in [0.15, 0.2) is 21.7 Å². The number of fused-ring (bicyclic) bond motifs is 1. The topological polar surface area (TPSA) is 41.8 Å². The van der Waals surface area contributed by atoms with Gasteiger partial charge in [0.2, 0.25) is 0 Å². The Hall–Kier alpha value is -0.280. The van der Waals surface area contributed by atoms with Crippen molar-refractivity contribution in [3.05, 3.63) is 22.4 Å². The number of aryl methyl sites for hydroxylation is 1. The van der Waals surface area contributed by atoms with Crippen LogP contribution in [-0.2, 0) is 18.3 Å². The van der Waals surface area contributed by atoms with Gasteiger partial charge in [0.05, 0.1) is 12.6 Å². The monoisotopic (exact) mass is 524 g/mol. The molecular weight excluding hydrogens is 495 g/mol. The van der Waals surface area contributed by atoms with Crippen LogP contribution in [0.1, 0.15) is 32.4 Å². The molecule has 25 heavy (non-hydrogen) atoms. The fourth-order valence-electron chi connectivity index (χ4n) is 4.34. The molecule has 1 saturated carbocycles. The second-order valence-electron chi connectivity index (χ2n) is 7.70.